The van der Waals surface area contributed by atoms with Crippen molar-refractivity contribution in [2.24, 2.45) is 11.1 Å². The van der Waals surface area contributed by atoms with Gasteiger partial charge in [-0.3, -0.25) is 4.79 Å². The second-order valence-corrected chi connectivity index (χ2v) is 4.85. The molecule has 0 rings (SSSR count). The molecule has 1 unspecified atom stereocenters. The van der Waals surface area contributed by atoms with E-state index in [2.05, 4.69) is 10.6 Å². The fourth-order valence-electron chi connectivity index (χ4n) is 0.890. The SMILES string of the molecule is CNCC(C)C(=O)NCCS(N)(=O)=O. The van der Waals surface area contributed by atoms with Crippen LogP contribution in [0, 0.1) is 5.92 Å². The third kappa shape index (κ3) is 6.81. The van der Waals surface area contributed by atoms with E-state index in [1.165, 1.54) is 0 Å². The minimum Gasteiger partial charge on any atom is -0.355 e. The topological polar surface area (TPSA) is 101 Å². The number of primary sulfonamides is 1. The first-order valence-electron chi connectivity index (χ1n) is 4.29. The summed E-state index contributed by atoms with van der Waals surface area (Å²) in [5.74, 6) is -0.589. The highest BCUT2D eigenvalue weighted by molar-refractivity contribution is 7.89. The highest BCUT2D eigenvalue weighted by Gasteiger charge is 2.11. The van der Waals surface area contributed by atoms with E-state index in [1.807, 2.05) is 0 Å². The monoisotopic (exact) mass is 223 g/mol. The number of amides is 1. The Hall–Kier alpha value is -0.660. The fourth-order valence-corrected chi connectivity index (χ4v) is 1.28. The molecule has 1 atom stereocenters. The second kappa shape index (κ2) is 5.94. The summed E-state index contributed by atoms with van der Waals surface area (Å²) in [6.07, 6.45) is 0. The lowest BCUT2D eigenvalue weighted by atomic mass is 10.1. The predicted molar refractivity (Wildman–Crippen MR) is 54.1 cm³/mol. The Bertz CT molecular complexity index is 276. The van der Waals surface area contributed by atoms with E-state index in [0.29, 0.717) is 6.54 Å². The van der Waals surface area contributed by atoms with Gasteiger partial charge in [-0.2, -0.15) is 0 Å². The molecule has 14 heavy (non-hydrogen) atoms. The molecule has 0 bridgehead atoms. The van der Waals surface area contributed by atoms with Gasteiger partial charge in [-0.25, -0.2) is 13.6 Å². The van der Waals surface area contributed by atoms with Crippen molar-refractivity contribution in [1.29, 1.82) is 0 Å². The zero-order valence-corrected chi connectivity index (χ0v) is 9.23. The van der Waals surface area contributed by atoms with Crippen molar-refractivity contribution < 1.29 is 13.2 Å². The van der Waals surface area contributed by atoms with E-state index in [4.69, 9.17) is 5.14 Å². The van der Waals surface area contributed by atoms with Gasteiger partial charge in [0, 0.05) is 19.0 Å². The van der Waals surface area contributed by atoms with Crippen LogP contribution in [0.5, 0.6) is 0 Å². The van der Waals surface area contributed by atoms with Gasteiger partial charge in [-0.05, 0) is 7.05 Å². The van der Waals surface area contributed by atoms with Gasteiger partial charge < -0.3 is 10.6 Å². The number of nitrogens with one attached hydrogen (secondary N) is 2. The summed E-state index contributed by atoms with van der Waals surface area (Å²) >= 11 is 0. The van der Waals surface area contributed by atoms with Crippen LogP contribution in [0.25, 0.3) is 0 Å². The van der Waals surface area contributed by atoms with Crippen molar-refractivity contribution in [2.75, 3.05) is 25.9 Å². The molecule has 0 heterocycles. The number of hydrogen-bond acceptors (Lipinski definition) is 4. The molecule has 0 aromatic carbocycles. The molecule has 0 spiro atoms. The van der Waals surface area contributed by atoms with E-state index < -0.39 is 10.0 Å². The van der Waals surface area contributed by atoms with Crippen LogP contribution in [0.4, 0.5) is 0 Å². The van der Waals surface area contributed by atoms with E-state index in [-0.39, 0.29) is 24.1 Å². The number of sulfonamides is 1. The summed E-state index contributed by atoms with van der Waals surface area (Å²) in [6, 6.07) is 0. The molecule has 4 N–H and O–H groups in total. The molecule has 0 saturated heterocycles. The fraction of sp³-hybridized carbons (Fsp3) is 0.857. The molecule has 0 aliphatic heterocycles. The summed E-state index contributed by atoms with van der Waals surface area (Å²) in [5.41, 5.74) is 0. The Labute approximate surface area is 84.3 Å². The molecule has 0 fully saturated rings. The highest BCUT2D eigenvalue weighted by Crippen LogP contribution is 1.91. The first kappa shape index (κ1) is 13.3. The number of hydrogen-bond donors (Lipinski definition) is 3. The average Bonchev–Trinajstić information content (AvgIpc) is 2.02. The zero-order valence-electron chi connectivity index (χ0n) is 8.41. The van der Waals surface area contributed by atoms with Crippen LogP contribution in [0.3, 0.4) is 0 Å². The van der Waals surface area contributed by atoms with Gasteiger partial charge in [0.15, 0.2) is 0 Å². The van der Waals surface area contributed by atoms with Gasteiger partial charge in [-0.15, -0.1) is 0 Å². The van der Waals surface area contributed by atoms with E-state index in [1.54, 1.807) is 14.0 Å². The van der Waals surface area contributed by atoms with Gasteiger partial charge in [0.05, 0.1) is 5.75 Å². The van der Waals surface area contributed by atoms with Crippen LogP contribution >= 0.6 is 0 Å². The second-order valence-electron chi connectivity index (χ2n) is 3.12. The molecule has 0 radical (unpaired) electrons. The van der Waals surface area contributed by atoms with Gasteiger partial charge >= 0.3 is 0 Å². The number of rotatable bonds is 6. The van der Waals surface area contributed by atoms with Crippen molar-refractivity contribution in [3.05, 3.63) is 0 Å². The van der Waals surface area contributed by atoms with Gasteiger partial charge in [-0.1, -0.05) is 6.92 Å². The Morgan fingerprint density at radius 1 is 1.50 bits per heavy atom. The standard InChI is InChI=1S/C7H17N3O3S/c1-6(5-9-2)7(11)10-3-4-14(8,12)13/h6,9H,3-5H2,1-2H3,(H,10,11)(H2,8,12,13). The Morgan fingerprint density at radius 3 is 2.50 bits per heavy atom. The van der Waals surface area contributed by atoms with Gasteiger partial charge in [0.25, 0.3) is 0 Å². The van der Waals surface area contributed by atoms with Crippen LogP contribution in [-0.4, -0.2) is 40.2 Å². The van der Waals surface area contributed by atoms with Crippen molar-refractivity contribution in [2.45, 2.75) is 6.92 Å². The molecule has 84 valence electrons. The van der Waals surface area contributed by atoms with E-state index in [9.17, 15) is 13.2 Å². The quantitative estimate of drug-likeness (QED) is 0.497. The average molecular weight is 223 g/mol. The van der Waals surface area contributed by atoms with Crippen molar-refractivity contribution >= 4 is 15.9 Å². The zero-order chi connectivity index (χ0) is 11.2. The number of carbonyl (C=O) groups excluding carboxylic acids is 1. The minimum atomic E-state index is -3.49. The number of carbonyl (C=O) groups is 1. The van der Waals surface area contributed by atoms with Gasteiger partial charge in [0.2, 0.25) is 15.9 Å². The molecular weight excluding hydrogens is 206 g/mol. The highest BCUT2D eigenvalue weighted by atomic mass is 32.2. The molecule has 0 saturated carbocycles. The van der Waals surface area contributed by atoms with Crippen LogP contribution in [0.1, 0.15) is 6.92 Å². The summed E-state index contributed by atoms with van der Waals surface area (Å²) in [6.45, 7) is 2.37. The summed E-state index contributed by atoms with van der Waals surface area (Å²) in [7, 11) is -1.74. The number of nitrogens with two attached hydrogens (primary N) is 1. The van der Waals surface area contributed by atoms with E-state index in [0.717, 1.165) is 0 Å². The molecule has 0 aliphatic rings. The normalized spacial score (nSPS) is 13.6. The maximum atomic E-state index is 11.2. The minimum absolute atomic E-state index is 0.0612. The lowest BCUT2D eigenvalue weighted by Crippen LogP contribution is -2.37. The summed E-state index contributed by atoms with van der Waals surface area (Å²) < 4.78 is 21.0. The Balaban J connectivity index is 3.75. The Kier molecular flexibility index (Phi) is 5.66. The van der Waals surface area contributed by atoms with Crippen molar-refractivity contribution in [1.82, 2.24) is 10.6 Å². The van der Waals surface area contributed by atoms with Crippen molar-refractivity contribution in [3.63, 3.8) is 0 Å². The van der Waals surface area contributed by atoms with Crippen molar-refractivity contribution in [3.8, 4) is 0 Å². The third-order valence-corrected chi connectivity index (χ3v) is 2.42. The molecular formula is C7H17N3O3S. The predicted octanol–water partition coefficient (Wildman–Crippen LogP) is -1.75. The summed E-state index contributed by atoms with van der Waals surface area (Å²) in [4.78, 5) is 11.2. The maximum Gasteiger partial charge on any atom is 0.224 e. The van der Waals surface area contributed by atoms with Crippen LogP contribution < -0.4 is 15.8 Å². The molecule has 7 heteroatoms. The maximum absolute atomic E-state index is 11.2. The van der Waals surface area contributed by atoms with Crippen LogP contribution in [-0.2, 0) is 14.8 Å². The smallest absolute Gasteiger partial charge is 0.224 e. The largest absolute Gasteiger partial charge is 0.355 e. The molecule has 6 nitrogen and oxygen atoms in total. The first-order valence-corrected chi connectivity index (χ1v) is 6.01. The Morgan fingerprint density at radius 2 is 2.07 bits per heavy atom. The van der Waals surface area contributed by atoms with E-state index >= 15 is 0 Å². The molecule has 0 aromatic heterocycles. The van der Waals surface area contributed by atoms with Gasteiger partial charge in [0.1, 0.15) is 0 Å². The molecule has 0 aromatic rings. The van der Waals surface area contributed by atoms with Crippen LogP contribution in [0.15, 0.2) is 0 Å². The lowest BCUT2D eigenvalue weighted by Gasteiger charge is -2.10. The first-order chi connectivity index (χ1) is 6.37. The van der Waals surface area contributed by atoms with Crippen LogP contribution in [0.2, 0.25) is 0 Å². The summed E-state index contributed by atoms with van der Waals surface area (Å²) in [5, 5.41) is 10.1. The molecule has 1 amide bonds. The molecule has 0 aliphatic carbocycles. The third-order valence-electron chi connectivity index (χ3n) is 1.64. The lowest BCUT2D eigenvalue weighted by molar-refractivity contribution is -0.124.